The van der Waals surface area contributed by atoms with Crippen molar-refractivity contribution >= 4 is 150 Å². The zero-order valence-electron chi connectivity index (χ0n) is 34.4. The van der Waals surface area contributed by atoms with Gasteiger partial charge < -0.3 is 47.3 Å². The third kappa shape index (κ3) is 19.0. The predicted molar refractivity (Wildman–Crippen MR) is 262 cm³/mol. The molecule has 2 atom stereocenters. The van der Waals surface area contributed by atoms with Gasteiger partial charge >= 0.3 is 18.0 Å². The summed E-state index contributed by atoms with van der Waals surface area (Å²) in [6.45, 7) is 4.17. The molecule has 0 aliphatic rings. The second-order valence-electron chi connectivity index (χ2n) is 14.1. The normalized spacial score (nSPS) is 11.4. The number of carbonyl (C=O) groups is 7. The Kier molecular flexibility index (Phi) is 24.4. The van der Waals surface area contributed by atoms with E-state index in [1.807, 2.05) is 0 Å². The minimum Gasteiger partial charge on any atom is -0.480 e. The number of hydrogen-bond donors (Lipinski definition) is 8. The average molecular weight is 1060 g/mol. The van der Waals surface area contributed by atoms with E-state index < -0.39 is 60.0 Å². The molecule has 0 saturated carbocycles. The number of benzene rings is 4. The summed E-state index contributed by atoms with van der Waals surface area (Å²) in [6.07, 6.45) is -0.813. The minimum atomic E-state index is -1.51. The standard InChI is InChI=1S/C23H24Cl3N3O6.C18H16Cl3N3O4.2H2S/c1-23(2,3)35-22(34)27-11-16(21(32)33)29-20(31)18-14(25)7-8-15(19(18)26)28-17(30)10-12-5-4-6-13(24)9-12;19-10-3-1-2-9(6-10)7-14(25)23-12-5-4-11(20)15(16(12)21)17(26)24-13(8-22)18(27)28;;/h4-9,16H,10-11H2,1-3H3,(H,27,34)(H,28,30)(H,29,31)(H,32,33);1-6,13H,7-8,22H2,(H,23,25)(H,24,26)(H,27,28);2*1H2/t16-;13-;;/m00../s1. The summed E-state index contributed by atoms with van der Waals surface area (Å²) in [6, 6.07) is 16.3. The largest absolute Gasteiger partial charge is 0.480 e. The molecule has 0 radical (unpaired) electrons. The highest BCUT2D eigenvalue weighted by Gasteiger charge is 2.27. The third-order valence-electron chi connectivity index (χ3n) is 7.98. The van der Waals surface area contributed by atoms with Crippen molar-refractivity contribution in [3.8, 4) is 0 Å². The van der Waals surface area contributed by atoms with Crippen LogP contribution in [0.25, 0.3) is 0 Å². The number of carbonyl (C=O) groups excluding carboxylic acids is 5. The number of rotatable bonds is 15. The fourth-order valence-electron chi connectivity index (χ4n) is 5.15. The van der Waals surface area contributed by atoms with Crippen LogP contribution < -0.4 is 32.3 Å². The molecule has 0 bridgehead atoms. The van der Waals surface area contributed by atoms with Gasteiger partial charge in [-0.1, -0.05) is 93.9 Å². The molecule has 16 nitrogen and oxygen atoms in total. The number of hydrogen-bond acceptors (Lipinski definition) is 9. The Balaban J connectivity index is 0.000000645. The highest BCUT2D eigenvalue weighted by Crippen LogP contribution is 2.33. The molecule has 0 fully saturated rings. The van der Waals surface area contributed by atoms with Crippen molar-refractivity contribution in [3.63, 3.8) is 0 Å². The molecule has 0 aliphatic carbocycles. The monoisotopic (exact) mass is 1050 g/mol. The Morgan fingerprint density at radius 3 is 1.38 bits per heavy atom. The van der Waals surface area contributed by atoms with E-state index in [0.29, 0.717) is 21.2 Å². The molecule has 4 aromatic rings. The van der Waals surface area contributed by atoms with E-state index >= 15 is 0 Å². The number of ether oxygens (including phenoxy) is 1. The number of carboxylic acids is 2. The molecule has 5 amide bonds. The summed E-state index contributed by atoms with van der Waals surface area (Å²) in [5.41, 5.74) is 5.76. The van der Waals surface area contributed by atoms with Crippen LogP contribution in [0.2, 0.25) is 30.1 Å². The van der Waals surface area contributed by atoms with Crippen molar-refractivity contribution in [2.24, 2.45) is 5.73 Å². The van der Waals surface area contributed by atoms with Gasteiger partial charge in [0.15, 0.2) is 0 Å². The predicted octanol–water partition coefficient (Wildman–Crippen LogP) is 7.73. The Bertz CT molecular complexity index is 2390. The molecule has 0 unspecified atom stereocenters. The van der Waals surface area contributed by atoms with Crippen LogP contribution in [-0.4, -0.2) is 82.6 Å². The van der Waals surface area contributed by atoms with Gasteiger partial charge in [0, 0.05) is 16.6 Å². The summed E-state index contributed by atoms with van der Waals surface area (Å²) in [7, 11) is 0. The van der Waals surface area contributed by atoms with Gasteiger partial charge in [0.25, 0.3) is 11.8 Å². The molecule has 0 aromatic heterocycles. The lowest BCUT2D eigenvalue weighted by molar-refractivity contribution is -0.139. The van der Waals surface area contributed by atoms with E-state index in [9.17, 15) is 38.7 Å². The minimum absolute atomic E-state index is 0. The lowest BCUT2D eigenvalue weighted by Crippen LogP contribution is -2.49. The topological polar surface area (TPSA) is 255 Å². The van der Waals surface area contributed by atoms with Crippen molar-refractivity contribution in [1.82, 2.24) is 16.0 Å². The second-order valence-corrected chi connectivity index (χ2v) is 16.6. The Hall–Kier alpha value is -4.63. The number of carboxylic acid groups (broad SMARTS) is 2. The number of amides is 5. The van der Waals surface area contributed by atoms with Gasteiger partial charge in [-0.15, -0.1) is 0 Å². The average Bonchev–Trinajstić information content (AvgIpc) is 3.17. The molecule has 0 heterocycles. The number of alkyl carbamates (subject to hydrolysis) is 1. The summed E-state index contributed by atoms with van der Waals surface area (Å²) in [4.78, 5) is 84.4. The van der Waals surface area contributed by atoms with Crippen LogP contribution in [0, 0.1) is 0 Å². The third-order valence-corrected chi connectivity index (χ3v) is 9.87. The molecular formula is C41H44Cl6N6O10S2. The maximum Gasteiger partial charge on any atom is 0.407 e. The van der Waals surface area contributed by atoms with Gasteiger partial charge in [-0.25, -0.2) is 14.4 Å². The van der Waals surface area contributed by atoms with Crippen LogP contribution in [0.3, 0.4) is 0 Å². The van der Waals surface area contributed by atoms with Crippen LogP contribution in [0.5, 0.6) is 0 Å². The van der Waals surface area contributed by atoms with Gasteiger partial charge in [0.2, 0.25) is 11.8 Å². The van der Waals surface area contributed by atoms with E-state index in [0.717, 1.165) is 0 Å². The quantitative estimate of drug-likeness (QED) is 0.0572. The molecule has 65 heavy (non-hydrogen) atoms. The molecule has 0 saturated heterocycles. The fourth-order valence-corrected chi connectivity index (χ4v) is 6.75. The van der Waals surface area contributed by atoms with Crippen LogP contribution in [0.1, 0.15) is 52.6 Å². The molecule has 0 aliphatic heterocycles. The number of nitrogens with two attached hydrogens (primary N) is 1. The smallest absolute Gasteiger partial charge is 0.407 e. The molecule has 0 spiro atoms. The number of aliphatic carboxylic acids is 2. The van der Waals surface area contributed by atoms with Gasteiger partial charge in [-0.3, -0.25) is 19.2 Å². The summed E-state index contributed by atoms with van der Waals surface area (Å²) in [5.74, 6) is -5.25. The van der Waals surface area contributed by atoms with E-state index in [4.69, 9.17) is 85.2 Å². The fraction of sp³-hybridized carbons (Fsp3) is 0.244. The van der Waals surface area contributed by atoms with Crippen LogP contribution >= 0.6 is 96.6 Å². The van der Waals surface area contributed by atoms with E-state index in [-0.39, 0.29) is 94.9 Å². The molecule has 352 valence electrons. The van der Waals surface area contributed by atoms with E-state index in [2.05, 4.69) is 26.6 Å². The zero-order chi connectivity index (χ0) is 47.2. The Morgan fingerprint density at radius 1 is 0.631 bits per heavy atom. The SMILES string of the molecule is CC(C)(C)OC(=O)NC[C@H](NC(=O)c1c(Cl)ccc(NC(=O)Cc2cccc(Cl)c2)c1Cl)C(=O)O.NC[C@H](NC(=O)c1c(Cl)ccc(NC(=O)Cc2cccc(Cl)c2)c1Cl)C(=O)O.S.S. The number of anilines is 2. The highest BCUT2D eigenvalue weighted by molar-refractivity contribution is 7.59. The lowest BCUT2D eigenvalue weighted by Gasteiger charge is -2.21. The van der Waals surface area contributed by atoms with E-state index in [1.165, 1.54) is 24.3 Å². The van der Waals surface area contributed by atoms with Gasteiger partial charge in [-0.05, 0) is 80.4 Å². The highest BCUT2D eigenvalue weighted by atomic mass is 35.5. The van der Waals surface area contributed by atoms with E-state index in [1.54, 1.807) is 69.3 Å². The number of nitrogens with one attached hydrogen (secondary N) is 5. The summed E-state index contributed by atoms with van der Waals surface area (Å²) in [5, 5.41) is 31.0. The molecule has 24 heteroatoms. The molecule has 4 rings (SSSR count). The first-order valence-electron chi connectivity index (χ1n) is 18.3. The van der Waals surface area contributed by atoms with Gasteiger partial charge in [0.1, 0.15) is 17.7 Å². The zero-order valence-corrected chi connectivity index (χ0v) is 41.0. The van der Waals surface area contributed by atoms with Gasteiger partial charge in [0.05, 0.1) is 62.0 Å². The summed E-state index contributed by atoms with van der Waals surface area (Å²) >= 11 is 36.6. The second kappa shape index (κ2) is 27.1. The van der Waals surface area contributed by atoms with Crippen molar-refractivity contribution in [2.75, 3.05) is 23.7 Å². The van der Waals surface area contributed by atoms with Gasteiger partial charge in [-0.2, -0.15) is 27.0 Å². The van der Waals surface area contributed by atoms with Crippen LogP contribution in [0.15, 0.2) is 72.8 Å². The first kappa shape index (κ1) is 58.4. The van der Waals surface area contributed by atoms with Crippen molar-refractivity contribution in [3.05, 3.63) is 125 Å². The van der Waals surface area contributed by atoms with Crippen molar-refractivity contribution < 1.29 is 48.5 Å². The first-order valence-corrected chi connectivity index (χ1v) is 20.5. The lowest BCUT2D eigenvalue weighted by atomic mass is 10.1. The van der Waals surface area contributed by atoms with Crippen LogP contribution in [0.4, 0.5) is 16.2 Å². The summed E-state index contributed by atoms with van der Waals surface area (Å²) < 4.78 is 5.05. The van der Waals surface area contributed by atoms with Crippen molar-refractivity contribution in [2.45, 2.75) is 51.3 Å². The van der Waals surface area contributed by atoms with Crippen LogP contribution in [-0.2, 0) is 36.8 Å². The Labute approximate surface area is 417 Å². The number of halogens is 6. The first-order chi connectivity index (χ1) is 29.5. The molecular weight excluding hydrogens is 1010 g/mol. The maximum atomic E-state index is 12.8. The molecule has 4 aromatic carbocycles. The maximum absolute atomic E-state index is 12.8. The Morgan fingerprint density at radius 2 is 1.03 bits per heavy atom. The molecule has 9 N–H and O–H groups in total. The van der Waals surface area contributed by atoms with Crippen molar-refractivity contribution in [1.29, 1.82) is 0 Å².